The van der Waals surface area contributed by atoms with Crippen LogP contribution in [0.4, 0.5) is 28.9 Å². The van der Waals surface area contributed by atoms with Gasteiger partial charge in [0, 0.05) is 31.1 Å². The Morgan fingerprint density at radius 3 is 2.38 bits per heavy atom. The molecule has 1 amide bonds. The third-order valence-electron chi connectivity index (χ3n) is 7.62. The third-order valence-corrected chi connectivity index (χ3v) is 7.62. The summed E-state index contributed by atoms with van der Waals surface area (Å²) in [6.45, 7) is 4.38. The molecule has 2 N–H and O–H groups in total. The maximum Gasteiger partial charge on any atom is 0.266 e. The summed E-state index contributed by atoms with van der Waals surface area (Å²) >= 11 is 0. The number of alkyl halides is 2. The van der Waals surface area contributed by atoms with E-state index < -0.39 is 35.6 Å². The number of hydrogen-bond acceptors (Lipinski definition) is 5. The molecule has 4 fully saturated rings. The smallest absolute Gasteiger partial charge is 0.266 e. The molecule has 6 rings (SSSR count). The average molecular weight is 521 g/mol. The van der Waals surface area contributed by atoms with Gasteiger partial charge in [0.2, 0.25) is 0 Å². The summed E-state index contributed by atoms with van der Waals surface area (Å²) in [4.78, 5) is 17.6. The van der Waals surface area contributed by atoms with E-state index in [-0.39, 0.29) is 29.4 Å². The number of carbonyl (C=O) groups is 1. The Bertz CT molecular complexity index is 1140. The SMILES string of the molecule is C[C@@H](NC(=O)c1cc(N2CC3CC(C2)O3)c(F)cc1NC1CCN(C)CC1)c1cccc(C(F)F)c1F. The van der Waals surface area contributed by atoms with E-state index in [2.05, 4.69) is 15.5 Å². The lowest BCUT2D eigenvalue weighted by molar-refractivity contribution is -0.133. The highest BCUT2D eigenvalue weighted by molar-refractivity contribution is 6.01. The fraction of sp³-hybridized carbons (Fsp3) is 0.519. The molecule has 10 heteroatoms. The highest BCUT2D eigenvalue weighted by Crippen LogP contribution is 2.35. The molecule has 2 aromatic carbocycles. The molecule has 6 nitrogen and oxygen atoms in total. The molecule has 4 saturated heterocycles. The summed E-state index contributed by atoms with van der Waals surface area (Å²) in [5.41, 5.74) is 0.161. The summed E-state index contributed by atoms with van der Waals surface area (Å²) < 4.78 is 62.2. The topological polar surface area (TPSA) is 56.8 Å². The average Bonchev–Trinajstić information content (AvgIpc) is 2.85. The second-order valence-corrected chi connectivity index (χ2v) is 10.3. The number of halogens is 4. The molecule has 2 aromatic rings. The lowest BCUT2D eigenvalue weighted by Gasteiger charge is -2.48. The van der Waals surface area contributed by atoms with Gasteiger partial charge in [-0.15, -0.1) is 0 Å². The fourth-order valence-corrected chi connectivity index (χ4v) is 5.46. The first-order valence-corrected chi connectivity index (χ1v) is 12.8. The number of morpholine rings is 1. The van der Waals surface area contributed by atoms with E-state index in [9.17, 15) is 18.0 Å². The molecule has 37 heavy (non-hydrogen) atoms. The van der Waals surface area contributed by atoms with Crippen LogP contribution in [0, 0.1) is 11.6 Å². The number of carbonyl (C=O) groups excluding carboxylic acids is 1. The lowest BCUT2D eigenvalue weighted by atomic mass is 9.97. The first kappa shape index (κ1) is 25.8. The van der Waals surface area contributed by atoms with Crippen LogP contribution < -0.4 is 15.5 Å². The van der Waals surface area contributed by atoms with Crippen LogP contribution in [0.15, 0.2) is 30.3 Å². The van der Waals surface area contributed by atoms with Gasteiger partial charge in [-0.1, -0.05) is 18.2 Å². The minimum absolute atomic E-state index is 0.0356. The molecular weight excluding hydrogens is 488 g/mol. The molecular formula is C27H32F4N4O2. The number of benzene rings is 2. The summed E-state index contributed by atoms with van der Waals surface area (Å²) in [5.74, 6) is -2.01. The Balaban J connectivity index is 1.42. The number of nitrogens with zero attached hydrogens (tertiary/aromatic N) is 2. The Labute approximate surface area is 214 Å². The van der Waals surface area contributed by atoms with Crippen LogP contribution in [0.1, 0.15) is 60.1 Å². The largest absolute Gasteiger partial charge is 0.381 e. The van der Waals surface area contributed by atoms with E-state index in [4.69, 9.17) is 4.74 Å². The zero-order chi connectivity index (χ0) is 26.3. The van der Waals surface area contributed by atoms with E-state index in [1.54, 1.807) is 0 Å². The van der Waals surface area contributed by atoms with Gasteiger partial charge in [-0.3, -0.25) is 4.79 Å². The molecule has 0 aromatic heterocycles. The summed E-state index contributed by atoms with van der Waals surface area (Å²) in [5, 5.41) is 6.08. The molecule has 0 saturated carbocycles. The van der Waals surface area contributed by atoms with Gasteiger partial charge in [0.05, 0.1) is 40.8 Å². The number of hydrogen-bond donors (Lipinski definition) is 2. The van der Waals surface area contributed by atoms with Crippen molar-refractivity contribution in [1.29, 1.82) is 0 Å². The number of fused-ring (bicyclic) bond motifs is 2. The number of rotatable bonds is 7. The second-order valence-electron chi connectivity index (χ2n) is 10.3. The van der Waals surface area contributed by atoms with Gasteiger partial charge in [0.25, 0.3) is 12.3 Å². The predicted molar refractivity (Wildman–Crippen MR) is 133 cm³/mol. The fourth-order valence-electron chi connectivity index (χ4n) is 5.46. The highest BCUT2D eigenvalue weighted by atomic mass is 19.3. The molecule has 2 unspecified atom stereocenters. The van der Waals surface area contributed by atoms with Gasteiger partial charge < -0.3 is 25.2 Å². The van der Waals surface area contributed by atoms with Crippen molar-refractivity contribution in [2.75, 3.05) is 43.4 Å². The van der Waals surface area contributed by atoms with E-state index in [0.717, 1.165) is 38.4 Å². The van der Waals surface area contributed by atoms with Gasteiger partial charge in [0.1, 0.15) is 11.6 Å². The first-order valence-electron chi connectivity index (χ1n) is 12.8. The van der Waals surface area contributed by atoms with Gasteiger partial charge >= 0.3 is 0 Å². The zero-order valence-electron chi connectivity index (χ0n) is 20.9. The van der Waals surface area contributed by atoms with Crippen LogP contribution in [0.3, 0.4) is 0 Å². The second kappa shape index (κ2) is 10.5. The number of nitrogens with one attached hydrogen (secondary N) is 2. The van der Waals surface area contributed by atoms with Crippen LogP contribution >= 0.6 is 0 Å². The maximum absolute atomic E-state index is 15.4. The first-order chi connectivity index (χ1) is 17.7. The van der Waals surface area contributed by atoms with Crippen molar-refractivity contribution in [3.05, 3.63) is 58.7 Å². The molecule has 0 spiro atoms. The molecule has 4 aliphatic heterocycles. The minimum Gasteiger partial charge on any atom is -0.381 e. The van der Waals surface area contributed by atoms with E-state index >= 15 is 4.39 Å². The molecule has 4 heterocycles. The van der Waals surface area contributed by atoms with Crippen molar-refractivity contribution in [3.63, 3.8) is 0 Å². The van der Waals surface area contributed by atoms with Crippen molar-refractivity contribution in [2.24, 2.45) is 0 Å². The Morgan fingerprint density at radius 2 is 1.73 bits per heavy atom. The molecule has 0 radical (unpaired) electrons. The lowest BCUT2D eigenvalue weighted by Crippen LogP contribution is -2.57. The summed E-state index contributed by atoms with van der Waals surface area (Å²) in [6, 6.07) is 5.82. The Kier molecular flexibility index (Phi) is 7.31. The van der Waals surface area contributed by atoms with Crippen molar-refractivity contribution in [1.82, 2.24) is 10.2 Å². The molecule has 2 bridgehead atoms. The van der Waals surface area contributed by atoms with Crippen LogP contribution in [0.25, 0.3) is 0 Å². The van der Waals surface area contributed by atoms with Crippen molar-refractivity contribution < 1.29 is 27.1 Å². The van der Waals surface area contributed by atoms with Crippen LogP contribution in [-0.4, -0.2) is 62.3 Å². The normalized spacial score (nSPS) is 23.1. The number of likely N-dealkylation sites (tertiary alicyclic amines) is 1. The van der Waals surface area contributed by atoms with Crippen LogP contribution in [0.2, 0.25) is 0 Å². The van der Waals surface area contributed by atoms with E-state index in [1.165, 1.54) is 31.2 Å². The van der Waals surface area contributed by atoms with E-state index in [1.807, 2.05) is 11.9 Å². The van der Waals surface area contributed by atoms with Crippen LogP contribution in [-0.2, 0) is 4.74 Å². The van der Waals surface area contributed by atoms with Crippen molar-refractivity contribution in [3.8, 4) is 0 Å². The number of anilines is 2. The predicted octanol–water partition coefficient (Wildman–Crippen LogP) is 4.88. The number of ether oxygens (including phenoxy) is 1. The standard InChI is InChI=1S/C27H32F4N4O2/c1-15(19-4-3-5-20(25(19)29)26(30)31)32-27(36)21-11-24(35-13-17-10-18(14-35)37-17)22(28)12-23(21)33-16-6-8-34(2)9-7-16/h3-5,11-12,15-18,26,33H,6-10,13-14H2,1-2H3,(H,32,36)/t15-,17?,18?/m1/s1. The number of amides is 1. The molecule has 4 aliphatic rings. The zero-order valence-corrected chi connectivity index (χ0v) is 20.9. The molecule has 0 aliphatic carbocycles. The monoisotopic (exact) mass is 520 g/mol. The minimum atomic E-state index is -2.97. The van der Waals surface area contributed by atoms with Crippen molar-refractivity contribution in [2.45, 2.75) is 56.9 Å². The third kappa shape index (κ3) is 5.40. The van der Waals surface area contributed by atoms with Crippen LogP contribution in [0.5, 0.6) is 0 Å². The quantitative estimate of drug-likeness (QED) is 0.510. The van der Waals surface area contributed by atoms with Gasteiger partial charge in [0.15, 0.2) is 0 Å². The highest BCUT2D eigenvalue weighted by Gasteiger charge is 2.39. The molecule has 200 valence electrons. The summed E-state index contributed by atoms with van der Waals surface area (Å²) in [6.07, 6.45) is -0.226. The molecule has 3 atom stereocenters. The number of piperidine rings is 2. The van der Waals surface area contributed by atoms with Gasteiger partial charge in [-0.25, -0.2) is 17.6 Å². The maximum atomic E-state index is 15.4. The Morgan fingerprint density at radius 1 is 1.08 bits per heavy atom. The van der Waals surface area contributed by atoms with Crippen molar-refractivity contribution >= 4 is 17.3 Å². The van der Waals surface area contributed by atoms with E-state index in [0.29, 0.717) is 24.5 Å². The Hall–Kier alpha value is -2.85. The van der Waals surface area contributed by atoms with Gasteiger partial charge in [-0.05, 0) is 52.0 Å². The summed E-state index contributed by atoms with van der Waals surface area (Å²) in [7, 11) is 2.04. The van der Waals surface area contributed by atoms with Gasteiger partial charge in [-0.2, -0.15) is 0 Å².